The molecule has 0 saturated carbocycles. The molecule has 0 radical (unpaired) electrons. The molecule has 5 heteroatoms. The largest absolute Gasteiger partial charge is 0.508 e. The molecule has 1 aromatic rings. The number of halogens is 1. The van der Waals surface area contributed by atoms with E-state index in [1.54, 1.807) is 6.07 Å². The smallest absolute Gasteiger partial charge is 0.315 e. The molecule has 2 atom stereocenters. The molecule has 4 nitrogen and oxygen atoms in total. The fourth-order valence-electron chi connectivity index (χ4n) is 4.59. The number of phenolic OH excluding ortho intramolecular Hbond substituents is 1. The van der Waals surface area contributed by atoms with E-state index in [9.17, 15) is 9.90 Å². The van der Waals surface area contributed by atoms with Crippen LogP contribution in [0.25, 0.3) is 0 Å². The van der Waals surface area contributed by atoms with Gasteiger partial charge in [-0.1, -0.05) is 27.6 Å². The molecule has 2 unspecified atom stereocenters. The number of ether oxygens (including phenoxy) is 2. The number of hydrogen-bond acceptors (Lipinski definition) is 4. The van der Waals surface area contributed by atoms with Crippen LogP contribution in [0, 0.1) is 5.92 Å². The number of esters is 1. The number of hydrogen-bond donors (Lipinski definition) is 1. The molecule has 1 aromatic carbocycles. The number of allylic oxidation sites excluding steroid dienone is 2. The average molecular weight is 465 g/mol. The highest BCUT2D eigenvalue weighted by Gasteiger charge is 2.46. The van der Waals surface area contributed by atoms with Crippen molar-refractivity contribution in [1.82, 2.24) is 0 Å². The van der Waals surface area contributed by atoms with E-state index in [2.05, 4.69) is 42.8 Å². The number of alkyl halides is 1. The lowest BCUT2D eigenvalue weighted by Crippen LogP contribution is -2.45. The summed E-state index contributed by atoms with van der Waals surface area (Å²) in [5, 5.41) is 11.9. The molecule has 3 rings (SSSR count). The summed E-state index contributed by atoms with van der Waals surface area (Å²) >= 11 is 3.39. The number of aromatic hydroxyl groups is 1. The third kappa shape index (κ3) is 4.35. The molecule has 29 heavy (non-hydrogen) atoms. The molecular weight excluding hydrogens is 432 g/mol. The highest BCUT2D eigenvalue weighted by Crippen LogP contribution is 2.54. The van der Waals surface area contributed by atoms with E-state index in [0.717, 1.165) is 42.1 Å². The third-order valence-electron chi connectivity index (χ3n) is 6.50. The van der Waals surface area contributed by atoms with Crippen molar-refractivity contribution in [2.45, 2.75) is 77.2 Å². The minimum atomic E-state index is -0.867. The van der Waals surface area contributed by atoms with Gasteiger partial charge in [-0.05, 0) is 78.0 Å². The van der Waals surface area contributed by atoms with E-state index in [4.69, 9.17) is 9.47 Å². The summed E-state index contributed by atoms with van der Waals surface area (Å²) in [6.07, 6.45) is 5.96. The quantitative estimate of drug-likeness (QED) is 0.242. The van der Waals surface area contributed by atoms with Crippen molar-refractivity contribution in [3.63, 3.8) is 0 Å². The van der Waals surface area contributed by atoms with Crippen molar-refractivity contribution in [2.24, 2.45) is 5.92 Å². The fourth-order valence-corrected chi connectivity index (χ4v) is 4.98. The molecule has 2 aliphatic rings. The SMILES string of the molecule is CC1=CCC2C(C1)c1c(O)cc(C(C)(C)C(=O)OCCCCBr)cc1OC2(C)C. The predicted octanol–water partition coefficient (Wildman–Crippen LogP) is 6.00. The molecule has 0 saturated heterocycles. The summed E-state index contributed by atoms with van der Waals surface area (Å²) in [7, 11) is 0. The molecule has 0 fully saturated rings. The Labute approximate surface area is 182 Å². The predicted molar refractivity (Wildman–Crippen MR) is 119 cm³/mol. The maximum Gasteiger partial charge on any atom is 0.315 e. The van der Waals surface area contributed by atoms with Gasteiger partial charge >= 0.3 is 5.97 Å². The van der Waals surface area contributed by atoms with Crippen LogP contribution in [0.4, 0.5) is 0 Å². The summed E-state index contributed by atoms with van der Waals surface area (Å²) in [6, 6.07) is 3.66. The van der Waals surface area contributed by atoms with Gasteiger partial charge in [-0.3, -0.25) is 4.79 Å². The van der Waals surface area contributed by atoms with Gasteiger partial charge in [0, 0.05) is 22.7 Å². The van der Waals surface area contributed by atoms with Gasteiger partial charge in [0.15, 0.2) is 0 Å². The Hall–Kier alpha value is -1.49. The van der Waals surface area contributed by atoms with Gasteiger partial charge in [0.1, 0.15) is 17.1 Å². The zero-order valence-corrected chi connectivity index (χ0v) is 19.8. The lowest BCUT2D eigenvalue weighted by atomic mass is 9.67. The normalized spacial score (nSPS) is 22.8. The second kappa shape index (κ2) is 8.33. The van der Waals surface area contributed by atoms with Crippen LogP contribution in [0.2, 0.25) is 0 Å². The highest BCUT2D eigenvalue weighted by atomic mass is 79.9. The van der Waals surface area contributed by atoms with E-state index in [1.807, 2.05) is 19.9 Å². The van der Waals surface area contributed by atoms with Gasteiger partial charge in [-0.2, -0.15) is 0 Å². The number of carbonyl (C=O) groups is 1. The first kappa shape index (κ1) is 22.2. The van der Waals surface area contributed by atoms with Gasteiger partial charge < -0.3 is 14.6 Å². The Balaban J connectivity index is 1.92. The number of unbranched alkanes of at least 4 members (excludes halogenated alkanes) is 1. The minimum Gasteiger partial charge on any atom is -0.508 e. The standard InChI is InChI=1S/C24H33BrO4/c1-15-8-9-18-17(12-15)21-19(26)13-16(14-20(21)29-24(18,4)5)23(2,3)22(27)28-11-7-6-10-25/h8,13-14,17-18,26H,6-7,9-12H2,1-5H3. The minimum absolute atomic E-state index is 0.220. The molecule has 160 valence electrons. The first-order chi connectivity index (χ1) is 13.6. The monoisotopic (exact) mass is 464 g/mol. The highest BCUT2D eigenvalue weighted by molar-refractivity contribution is 9.09. The van der Waals surface area contributed by atoms with E-state index >= 15 is 0 Å². The summed E-state index contributed by atoms with van der Waals surface area (Å²) in [5.41, 5.74) is 1.75. The van der Waals surface area contributed by atoms with E-state index in [1.165, 1.54) is 5.57 Å². The van der Waals surface area contributed by atoms with Gasteiger partial charge in [0.2, 0.25) is 0 Å². The molecule has 1 aliphatic carbocycles. The van der Waals surface area contributed by atoms with Crippen LogP contribution in [0.5, 0.6) is 11.5 Å². The summed E-state index contributed by atoms with van der Waals surface area (Å²) in [5.74, 6) is 1.18. The lowest BCUT2D eigenvalue weighted by Gasteiger charge is -2.47. The Morgan fingerprint density at radius 1 is 1.34 bits per heavy atom. The molecule has 0 aromatic heterocycles. The van der Waals surface area contributed by atoms with Gasteiger partial charge in [-0.15, -0.1) is 0 Å². The average Bonchev–Trinajstić information content (AvgIpc) is 2.63. The number of benzene rings is 1. The maximum absolute atomic E-state index is 12.7. The lowest BCUT2D eigenvalue weighted by molar-refractivity contribution is -0.149. The number of fused-ring (bicyclic) bond motifs is 3. The molecule has 1 N–H and O–H groups in total. The Kier molecular flexibility index (Phi) is 6.38. The number of phenols is 1. The van der Waals surface area contributed by atoms with Crippen LogP contribution in [0.1, 0.15) is 77.3 Å². The zero-order chi connectivity index (χ0) is 21.4. The number of carbonyl (C=O) groups excluding carboxylic acids is 1. The van der Waals surface area contributed by atoms with Crippen molar-refractivity contribution in [1.29, 1.82) is 0 Å². The molecule has 1 aliphatic heterocycles. The Morgan fingerprint density at radius 3 is 2.76 bits per heavy atom. The molecule has 1 heterocycles. The first-order valence-corrected chi connectivity index (χ1v) is 11.6. The van der Waals surface area contributed by atoms with Crippen molar-refractivity contribution < 1.29 is 19.4 Å². The maximum atomic E-state index is 12.7. The van der Waals surface area contributed by atoms with Crippen molar-refractivity contribution >= 4 is 21.9 Å². The second-order valence-corrected chi connectivity index (χ2v) is 10.3. The third-order valence-corrected chi connectivity index (χ3v) is 7.06. The summed E-state index contributed by atoms with van der Waals surface area (Å²) in [4.78, 5) is 12.7. The molecule has 0 amide bonds. The van der Waals surface area contributed by atoms with E-state index in [-0.39, 0.29) is 23.2 Å². The molecular formula is C24H33BrO4. The van der Waals surface area contributed by atoms with Gasteiger partial charge in [0.05, 0.1) is 12.0 Å². The zero-order valence-electron chi connectivity index (χ0n) is 18.2. The topological polar surface area (TPSA) is 55.8 Å². The van der Waals surface area contributed by atoms with E-state index < -0.39 is 5.41 Å². The Bertz CT molecular complexity index is 809. The number of rotatable bonds is 6. The molecule has 0 spiro atoms. The van der Waals surface area contributed by atoms with Crippen molar-refractivity contribution in [2.75, 3.05) is 11.9 Å². The van der Waals surface area contributed by atoms with Crippen LogP contribution in [0.3, 0.4) is 0 Å². The van der Waals surface area contributed by atoms with Gasteiger partial charge in [-0.25, -0.2) is 0 Å². The summed E-state index contributed by atoms with van der Waals surface area (Å²) in [6.45, 7) is 10.5. The van der Waals surface area contributed by atoms with Crippen LogP contribution < -0.4 is 4.74 Å². The summed E-state index contributed by atoms with van der Waals surface area (Å²) < 4.78 is 11.9. The van der Waals surface area contributed by atoms with Crippen LogP contribution >= 0.6 is 15.9 Å². The molecule has 0 bridgehead atoms. The fraction of sp³-hybridized carbons (Fsp3) is 0.625. The van der Waals surface area contributed by atoms with Crippen LogP contribution in [0.15, 0.2) is 23.8 Å². The van der Waals surface area contributed by atoms with Crippen LogP contribution in [-0.4, -0.2) is 28.6 Å². The van der Waals surface area contributed by atoms with E-state index in [0.29, 0.717) is 18.3 Å². The van der Waals surface area contributed by atoms with Gasteiger partial charge in [0.25, 0.3) is 0 Å². The van der Waals surface area contributed by atoms with Crippen molar-refractivity contribution in [3.05, 3.63) is 34.9 Å². The Morgan fingerprint density at radius 2 is 2.07 bits per heavy atom. The van der Waals surface area contributed by atoms with Crippen LogP contribution in [-0.2, 0) is 14.9 Å². The second-order valence-electron chi connectivity index (χ2n) is 9.47. The van der Waals surface area contributed by atoms with Crippen molar-refractivity contribution in [3.8, 4) is 11.5 Å². The first-order valence-electron chi connectivity index (χ1n) is 10.5.